The van der Waals surface area contributed by atoms with Crippen LogP contribution in [0.2, 0.25) is 0 Å². The number of ether oxygens (including phenoxy) is 1. The fraction of sp³-hybridized carbons (Fsp3) is 0.571. The minimum Gasteiger partial charge on any atom is -0.492 e. The number of nitrogens with one attached hydrogen (secondary N) is 1. The van der Waals surface area contributed by atoms with Gasteiger partial charge in [-0.1, -0.05) is 39.3 Å². The van der Waals surface area contributed by atoms with Crippen molar-refractivity contribution in [2.75, 3.05) is 13.2 Å². The van der Waals surface area contributed by atoms with Crippen LogP contribution in [0.1, 0.15) is 32.8 Å². The molecule has 0 aliphatic heterocycles. The van der Waals surface area contributed by atoms with Gasteiger partial charge in [-0.2, -0.15) is 0 Å². The second-order valence-electron chi connectivity index (χ2n) is 4.33. The van der Waals surface area contributed by atoms with Crippen LogP contribution in [-0.2, 0) is 6.54 Å². The first-order valence-corrected chi connectivity index (χ1v) is 7.09. The highest BCUT2D eigenvalue weighted by atomic mass is 79.9. The third-order valence-electron chi connectivity index (χ3n) is 2.82. The number of para-hydroxylation sites is 1. The number of halogens is 1. The Morgan fingerprint density at radius 2 is 2.12 bits per heavy atom. The molecule has 1 aromatic rings. The van der Waals surface area contributed by atoms with Crippen LogP contribution < -0.4 is 10.1 Å². The summed E-state index contributed by atoms with van der Waals surface area (Å²) in [6, 6.07) is 6.19. The summed E-state index contributed by atoms with van der Waals surface area (Å²) in [5, 5.41) is 3.33. The van der Waals surface area contributed by atoms with Crippen LogP contribution in [-0.4, -0.2) is 13.2 Å². The summed E-state index contributed by atoms with van der Waals surface area (Å²) in [7, 11) is 0. The minimum absolute atomic E-state index is 0.592. The van der Waals surface area contributed by atoms with Gasteiger partial charge in [0.05, 0.1) is 11.1 Å². The van der Waals surface area contributed by atoms with E-state index in [0.29, 0.717) is 5.92 Å². The van der Waals surface area contributed by atoms with E-state index in [1.54, 1.807) is 0 Å². The normalized spacial score (nSPS) is 12.5. The average Bonchev–Trinajstić information content (AvgIpc) is 2.34. The van der Waals surface area contributed by atoms with Gasteiger partial charge in [0.2, 0.25) is 0 Å². The molecule has 1 rings (SSSR count). The van der Waals surface area contributed by atoms with Crippen molar-refractivity contribution in [3.63, 3.8) is 0 Å². The Balaban J connectivity index is 2.72. The van der Waals surface area contributed by atoms with Crippen LogP contribution in [0, 0.1) is 5.92 Å². The lowest BCUT2D eigenvalue weighted by Crippen LogP contribution is -2.14. The predicted molar refractivity (Wildman–Crippen MR) is 76.5 cm³/mol. The van der Waals surface area contributed by atoms with E-state index < -0.39 is 0 Å². The number of rotatable bonds is 7. The monoisotopic (exact) mass is 299 g/mol. The van der Waals surface area contributed by atoms with E-state index in [4.69, 9.17) is 4.74 Å². The van der Waals surface area contributed by atoms with Gasteiger partial charge in [-0.15, -0.1) is 0 Å². The Kier molecular flexibility index (Phi) is 6.60. The predicted octanol–water partition coefficient (Wildman–Crippen LogP) is 3.98. The summed E-state index contributed by atoms with van der Waals surface area (Å²) in [6.45, 7) is 9.10. The van der Waals surface area contributed by atoms with Gasteiger partial charge in [0.15, 0.2) is 0 Å². The first-order valence-electron chi connectivity index (χ1n) is 6.29. The molecule has 0 heterocycles. The Labute approximate surface area is 113 Å². The smallest absolute Gasteiger partial charge is 0.137 e. The number of hydrogen-bond donors (Lipinski definition) is 1. The highest BCUT2D eigenvalue weighted by Crippen LogP contribution is 2.29. The Bertz CT molecular complexity index is 341. The summed E-state index contributed by atoms with van der Waals surface area (Å²) in [4.78, 5) is 0. The van der Waals surface area contributed by atoms with Gasteiger partial charge >= 0.3 is 0 Å². The third-order valence-corrected chi connectivity index (χ3v) is 3.45. The molecule has 1 atom stereocenters. The molecule has 0 amide bonds. The zero-order valence-electron chi connectivity index (χ0n) is 10.9. The molecule has 2 nitrogen and oxygen atoms in total. The highest BCUT2D eigenvalue weighted by Gasteiger charge is 2.09. The van der Waals surface area contributed by atoms with E-state index in [1.807, 2.05) is 12.1 Å². The van der Waals surface area contributed by atoms with Gasteiger partial charge in [0, 0.05) is 12.1 Å². The Morgan fingerprint density at radius 1 is 1.35 bits per heavy atom. The first-order chi connectivity index (χ1) is 8.19. The van der Waals surface area contributed by atoms with Crippen molar-refractivity contribution >= 4 is 15.9 Å². The quantitative estimate of drug-likeness (QED) is 0.822. The molecular weight excluding hydrogens is 278 g/mol. The van der Waals surface area contributed by atoms with E-state index in [-0.39, 0.29) is 0 Å². The molecule has 1 unspecified atom stereocenters. The van der Waals surface area contributed by atoms with Crippen molar-refractivity contribution in [1.82, 2.24) is 5.32 Å². The van der Waals surface area contributed by atoms with Crippen molar-refractivity contribution in [2.45, 2.75) is 33.7 Å². The molecule has 0 radical (unpaired) electrons. The Morgan fingerprint density at radius 3 is 2.76 bits per heavy atom. The van der Waals surface area contributed by atoms with Crippen LogP contribution in [0.15, 0.2) is 22.7 Å². The molecule has 96 valence electrons. The molecule has 0 bridgehead atoms. The molecule has 0 saturated carbocycles. The molecule has 0 spiro atoms. The van der Waals surface area contributed by atoms with Crippen molar-refractivity contribution in [1.29, 1.82) is 0 Å². The minimum atomic E-state index is 0.592. The van der Waals surface area contributed by atoms with Crippen molar-refractivity contribution in [3.05, 3.63) is 28.2 Å². The zero-order valence-corrected chi connectivity index (χ0v) is 12.5. The topological polar surface area (TPSA) is 21.3 Å². The van der Waals surface area contributed by atoms with Crippen LogP contribution in [0.3, 0.4) is 0 Å². The van der Waals surface area contributed by atoms with E-state index >= 15 is 0 Å². The van der Waals surface area contributed by atoms with Gasteiger partial charge in [-0.05, 0) is 34.5 Å². The molecule has 1 aromatic carbocycles. The third kappa shape index (κ3) is 4.68. The van der Waals surface area contributed by atoms with Crippen molar-refractivity contribution in [2.24, 2.45) is 5.92 Å². The average molecular weight is 300 g/mol. The first kappa shape index (κ1) is 14.5. The molecule has 0 aromatic heterocycles. The summed E-state index contributed by atoms with van der Waals surface area (Å²) >= 11 is 3.56. The molecule has 0 aliphatic rings. The van der Waals surface area contributed by atoms with E-state index in [2.05, 4.69) is 48.1 Å². The summed E-state index contributed by atoms with van der Waals surface area (Å²) in [5.41, 5.74) is 1.21. The fourth-order valence-corrected chi connectivity index (χ4v) is 1.98. The lowest BCUT2D eigenvalue weighted by atomic mass is 10.1. The van der Waals surface area contributed by atoms with Crippen LogP contribution in [0.4, 0.5) is 0 Å². The summed E-state index contributed by atoms with van der Waals surface area (Å²) in [5.74, 6) is 1.57. The van der Waals surface area contributed by atoms with Crippen LogP contribution in [0.5, 0.6) is 5.75 Å². The van der Waals surface area contributed by atoms with Gasteiger partial charge in [-0.3, -0.25) is 0 Å². The number of hydrogen-bond acceptors (Lipinski definition) is 2. The highest BCUT2D eigenvalue weighted by molar-refractivity contribution is 9.10. The Hall–Kier alpha value is -0.540. The second-order valence-corrected chi connectivity index (χ2v) is 5.19. The van der Waals surface area contributed by atoms with Gasteiger partial charge in [0.1, 0.15) is 5.75 Å². The SMILES string of the molecule is CCNCc1cccc(Br)c1OCC(C)CC. The zero-order chi connectivity index (χ0) is 12.7. The van der Waals surface area contributed by atoms with Gasteiger partial charge < -0.3 is 10.1 Å². The standard InChI is InChI=1S/C14H22BrNO/c1-4-11(3)10-17-14-12(9-16-5-2)7-6-8-13(14)15/h6-8,11,16H,4-5,9-10H2,1-3H3. The van der Waals surface area contributed by atoms with Crippen LogP contribution in [0.25, 0.3) is 0 Å². The molecule has 0 aliphatic carbocycles. The lowest BCUT2D eigenvalue weighted by molar-refractivity contribution is 0.252. The maximum Gasteiger partial charge on any atom is 0.137 e. The molecule has 0 saturated heterocycles. The lowest BCUT2D eigenvalue weighted by Gasteiger charge is -2.16. The fourth-order valence-electron chi connectivity index (χ4n) is 1.46. The van der Waals surface area contributed by atoms with E-state index in [9.17, 15) is 0 Å². The summed E-state index contributed by atoms with van der Waals surface area (Å²) in [6.07, 6.45) is 1.15. The van der Waals surface area contributed by atoms with Crippen molar-refractivity contribution < 1.29 is 4.74 Å². The second kappa shape index (κ2) is 7.72. The maximum absolute atomic E-state index is 5.93. The largest absolute Gasteiger partial charge is 0.492 e. The summed E-state index contributed by atoms with van der Waals surface area (Å²) < 4.78 is 6.97. The molecule has 0 fully saturated rings. The molecule has 3 heteroatoms. The molecule has 17 heavy (non-hydrogen) atoms. The molecular formula is C14H22BrNO. The van der Waals surface area contributed by atoms with Gasteiger partial charge in [-0.25, -0.2) is 0 Å². The maximum atomic E-state index is 5.93. The van der Waals surface area contributed by atoms with Crippen LogP contribution >= 0.6 is 15.9 Å². The van der Waals surface area contributed by atoms with E-state index in [1.165, 1.54) is 5.56 Å². The molecule has 1 N–H and O–H groups in total. The van der Waals surface area contributed by atoms with Crippen molar-refractivity contribution in [3.8, 4) is 5.75 Å². The van der Waals surface area contributed by atoms with Gasteiger partial charge in [0.25, 0.3) is 0 Å². The van der Waals surface area contributed by atoms with E-state index in [0.717, 1.165) is 36.3 Å². The number of benzene rings is 1.